The maximum Gasteiger partial charge on any atom is 0.0320 e. The summed E-state index contributed by atoms with van der Waals surface area (Å²) in [4.78, 5) is 2.66. The molecule has 2 nitrogen and oxygen atoms in total. The summed E-state index contributed by atoms with van der Waals surface area (Å²) in [6, 6.07) is 9.55. The second-order valence-electron chi connectivity index (χ2n) is 6.32. The minimum atomic E-state index is 0.301. The van der Waals surface area contributed by atoms with Crippen molar-refractivity contribution in [3.8, 4) is 0 Å². The SMILES string of the molecule is CCC1(CC)CN(C(C)c2ccc(C)cc2)CCCN1. The number of rotatable bonds is 4. The molecule has 0 spiro atoms. The van der Waals surface area contributed by atoms with E-state index in [4.69, 9.17) is 0 Å². The van der Waals surface area contributed by atoms with Gasteiger partial charge in [-0.2, -0.15) is 0 Å². The van der Waals surface area contributed by atoms with Crippen LogP contribution in [0.3, 0.4) is 0 Å². The van der Waals surface area contributed by atoms with Gasteiger partial charge in [0.25, 0.3) is 0 Å². The van der Waals surface area contributed by atoms with Gasteiger partial charge in [0.1, 0.15) is 0 Å². The minimum absolute atomic E-state index is 0.301. The van der Waals surface area contributed by atoms with Crippen LogP contribution in [-0.4, -0.2) is 30.1 Å². The van der Waals surface area contributed by atoms with Crippen LogP contribution >= 0.6 is 0 Å². The quantitative estimate of drug-likeness (QED) is 0.895. The van der Waals surface area contributed by atoms with E-state index in [-0.39, 0.29) is 0 Å². The van der Waals surface area contributed by atoms with Gasteiger partial charge in [-0.15, -0.1) is 0 Å². The average molecular weight is 274 g/mol. The first-order chi connectivity index (χ1) is 9.60. The molecule has 0 saturated carbocycles. The lowest BCUT2D eigenvalue weighted by molar-refractivity contribution is 0.157. The molecule has 1 aliphatic rings. The molecule has 0 amide bonds. The highest BCUT2D eigenvalue weighted by Crippen LogP contribution is 2.27. The van der Waals surface area contributed by atoms with E-state index >= 15 is 0 Å². The van der Waals surface area contributed by atoms with Crippen LogP contribution in [0.25, 0.3) is 0 Å². The van der Waals surface area contributed by atoms with Crippen molar-refractivity contribution in [2.45, 2.75) is 58.5 Å². The van der Waals surface area contributed by atoms with E-state index in [9.17, 15) is 0 Å². The Hall–Kier alpha value is -0.860. The van der Waals surface area contributed by atoms with Crippen molar-refractivity contribution in [1.29, 1.82) is 0 Å². The molecule has 1 aliphatic heterocycles. The topological polar surface area (TPSA) is 15.3 Å². The highest BCUT2D eigenvalue weighted by atomic mass is 15.2. The predicted molar refractivity (Wildman–Crippen MR) is 87.1 cm³/mol. The molecule has 1 atom stereocenters. The number of hydrogen-bond donors (Lipinski definition) is 1. The van der Waals surface area contributed by atoms with Crippen LogP contribution in [0, 0.1) is 6.92 Å². The van der Waals surface area contributed by atoms with E-state index < -0.39 is 0 Å². The Morgan fingerprint density at radius 2 is 1.85 bits per heavy atom. The van der Waals surface area contributed by atoms with Gasteiger partial charge in [-0.05, 0) is 45.2 Å². The molecule has 1 aromatic carbocycles. The van der Waals surface area contributed by atoms with Gasteiger partial charge in [-0.25, -0.2) is 0 Å². The average Bonchev–Trinajstić information content (AvgIpc) is 2.70. The third-order valence-electron chi connectivity index (χ3n) is 5.09. The summed E-state index contributed by atoms with van der Waals surface area (Å²) in [6.45, 7) is 12.7. The predicted octanol–water partition coefficient (Wildman–Crippen LogP) is 3.91. The molecule has 1 saturated heterocycles. The van der Waals surface area contributed by atoms with E-state index in [0.29, 0.717) is 11.6 Å². The summed E-state index contributed by atoms with van der Waals surface area (Å²) in [5.74, 6) is 0. The zero-order valence-electron chi connectivity index (χ0n) is 13.6. The summed E-state index contributed by atoms with van der Waals surface area (Å²) >= 11 is 0. The summed E-state index contributed by atoms with van der Waals surface area (Å²) < 4.78 is 0. The Morgan fingerprint density at radius 1 is 1.20 bits per heavy atom. The van der Waals surface area contributed by atoms with Crippen molar-refractivity contribution in [3.05, 3.63) is 35.4 Å². The molecule has 0 radical (unpaired) electrons. The monoisotopic (exact) mass is 274 g/mol. The van der Waals surface area contributed by atoms with E-state index in [2.05, 4.69) is 62.2 Å². The number of aryl methyl sites for hydroxylation is 1. The molecule has 1 heterocycles. The minimum Gasteiger partial charge on any atom is -0.310 e. The van der Waals surface area contributed by atoms with Crippen LogP contribution < -0.4 is 5.32 Å². The van der Waals surface area contributed by atoms with E-state index in [1.54, 1.807) is 0 Å². The van der Waals surface area contributed by atoms with Crippen molar-refractivity contribution in [3.63, 3.8) is 0 Å². The maximum atomic E-state index is 3.80. The molecule has 2 rings (SSSR count). The first-order valence-electron chi connectivity index (χ1n) is 8.16. The van der Waals surface area contributed by atoms with E-state index in [1.807, 2.05) is 0 Å². The van der Waals surface area contributed by atoms with Crippen LogP contribution in [0.5, 0.6) is 0 Å². The third kappa shape index (κ3) is 3.42. The second-order valence-corrected chi connectivity index (χ2v) is 6.32. The zero-order chi connectivity index (χ0) is 14.6. The number of benzene rings is 1. The van der Waals surface area contributed by atoms with Crippen molar-refractivity contribution < 1.29 is 0 Å². The molecule has 1 N–H and O–H groups in total. The Labute approximate surface area is 124 Å². The van der Waals surface area contributed by atoms with Crippen molar-refractivity contribution in [2.75, 3.05) is 19.6 Å². The van der Waals surface area contributed by atoms with E-state index in [1.165, 1.54) is 36.9 Å². The highest BCUT2D eigenvalue weighted by molar-refractivity contribution is 5.24. The van der Waals surface area contributed by atoms with Gasteiger partial charge in [0.2, 0.25) is 0 Å². The van der Waals surface area contributed by atoms with Gasteiger partial charge in [0.05, 0.1) is 0 Å². The Kier molecular flexibility index (Phi) is 5.22. The van der Waals surface area contributed by atoms with Gasteiger partial charge in [-0.3, -0.25) is 4.90 Å². The van der Waals surface area contributed by atoms with Gasteiger partial charge in [0.15, 0.2) is 0 Å². The van der Waals surface area contributed by atoms with Crippen LogP contribution in [-0.2, 0) is 0 Å². The highest BCUT2D eigenvalue weighted by Gasteiger charge is 2.32. The second kappa shape index (κ2) is 6.73. The smallest absolute Gasteiger partial charge is 0.0320 e. The molecule has 1 unspecified atom stereocenters. The van der Waals surface area contributed by atoms with Crippen molar-refractivity contribution >= 4 is 0 Å². The third-order valence-corrected chi connectivity index (χ3v) is 5.09. The lowest BCUT2D eigenvalue weighted by Gasteiger charge is -2.38. The Morgan fingerprint density at radius 3 is 2.45 bits per heavy atom. The molecule has 0 bridgehead atoms. The molecular formula is C18H30N2. The molecule has 20 heavy (non-hydrogen) atoms. The van der Waals surface area contributed by atoms with Crippen LogP contribution in [0.4, 0.5) is 0 Å². The Balaban J connectivity index is 2.15. The first kappa shape index (κ1) is 15.5. The van der Waals surface area contributed by atoms with Crippen molar-refractivity contribution in [2.24, 2.45) is 0 Å². The van der Waals surface area contributed by atoms with Gasteiger partial charge in [-0.1, -0.05) is 43.7 Å². The lowest BCUT2D eigenvalue weighted by Crippen LogP contribution is -2.51. The number of hydrogen-bond acceptors (Lipinski definition) is 2. The van der Waals surface area contributed by atoms with Crippen LogP contribution in [0.15, 0.2) is 24.3 Å². The molecule has 0 aromatic heterocycles. The van der Waals surface area contributed by atoms with Crippen molar-refractivity contribution in [1.82, 2.24) is 10.2 Å². The molecule has 1 aromatic rings. The fourth-order valence-electron chi connectivity index (χ4n) is 3.27. The fourth-order valence-corrected chi connectivity index (χ4v) is 3.27. The Bertz CT molecular complexity index is 406. The maximum absolute atomic E-state index is 3.80. The zero-order valence-corrected chi connectivity index (χ0v) is 13.6. The number of nitrogens with zero attached hydrogens (tertiary/aromatic N) is 1. The molecule has 1 fully saturated rings. The van der Waals surface area contributed by atoms with Gasteiger partial charge in [0, 0.05) is 24.7 Å². The van der Waals surface area contributed by atoms with Crippen LogP contribution in [0.2, 0.25) is 0 Å². The first-order valence-corrected chi connectivity index (χ1v) is 8.16. The van der Waals surface area contributed by atoms with Crippen LogP contribution in [0.1, 0.15) is 57.2 Å². The molecule has 2 heteroatoms. The van der Waals surface area contributed by atoms with E-state index in [0.717, 1.165) is 13.1 Å². The summed E-state index contributed by atoms with van der Waals surface area (Å²) in [6.07, 6.45) is 3.67. The molecule has 0 aliphatic carbocycles. The fraction of sp³-hybridized carbons (Fsp3) is 0.667. The summed E-state index contributed by atoms with van der Waals surface area (Å²) in [5, 5.41) is 3.80. The van der Waals surface area contributed by atoms with Gasteiger partial charge >= 0.3 is 0 Å². The molecule has 112 valence electrons. The standard InChI is InChI=1S/C18H30N2/c1-5-18(6-2)14-20(13-7-12-19-18)16(4)17-10-8-15(3)9-11-17/h8-11,16,19H,5-7,12-14H2,1-4H3. The lowest BCUT2D eigenvalue weighted by atomic mass is 9.91. The summed E-state index contributed by atoms with van der Waals surface area (Å²) in [5.41, 5.74) is 3.09. The largest absolute Gasteiger partial charge is 0.310 e. The number of nitrogens with one attached hydrogen (secondary N) is 1. The van der Waals surface area contributed by atoms with Gasteiger partial charge < -0.3 is 5.32 Å². The summed E-state index contributed by atoms with van der Waals surface area (Å²) in [7, 11) is 0. The normalized spacial score (nSPS) is 21.4. The molecular weight excluding hydrogens is 244 g/mol.